The molecule has 2 heterocycles. The largest absolute Gasteiger partial charge is 0.326 e. The fraction of sp³-hybridized carbons (Fsp3) is 0.0400. The zero-order chi connectivity index (χ0) is 19.6. The second-order valence-corrected chi connectivity index (χ2v) is 6.95. The maximum absolute atomic E-state index is 5.76. The lowest BCUT2D eigenvalue weighted by molar-refractivity contribution is 1.07. The van der Waals surface area contributed by atoms with E-state index in [0.717, 1.165) is 39.2 Å². The third-order valence-electron chi connectivity index (χ3n) is 5.12. The highest BCUT2D eigenvalue weighted by atomic mass is 15.1. The van der Waals surface area contributed by atoms with E-state index < -0.39 is 0 Å². The van der Waals surface area contributed by atoms with Gasteiger partial charge in [0.15, 0.2) is 0 Å². The van der Waals surface area contributed by atoms with Gasteiger partial charge in [-0.3, -0.25) is 4.40 Å². The Kier molecular flexibility index (Phi) is 4.39. The molecule has 0 radical (unpaired) electrons. The van der Waals surface area contributed by atoms with Crippen LogP contribution < -0.4 is 5.73 Å². The molecule has 0 saturated carbocycles. The molecule has 3 aromatic carbocycles. The Balaban J connectivity index is 1.76. The van der Waals surface area contributed by atoms with Gasteiger partial charge in [-0.2, -0.15) is 0 Å². The minimum atomic E-state index is 0.527. The first-order valence-corrected chi connectivity index (χ1v) is 9.62. The van der Waals surface area contributed by atoms with Crippen molar-refractivity contribution in [1.29, 1.82) is 0 Å². The standard InChI is InChI=1S/C25H20N4/c26-15-18-11-13-21(14-12-18)24-22(19-7-3-1-4-8-19)17-29-23(16-27-25(29)28-24)20-9-5-2-6-10-20/h1-14,16-17H,15,26H2. The molecule has 4 heteroatoms. The van der Waals surface area contributed by atoms with Crippen LogP contribution in [-0.2, 0) is 6.54 Å². The fourth-order valence-corrected chi connectivity index (χ4v) is 3.58. The summed E-state index contributed by atoms with van der Waals surface area (Å²) >= 11 is 0. The summed E-state index contributed by atoms with van der Waals surface area (Å²) in [6.45, 7) is 0.527. The van der Waals surface area contributed by atoms with Gasteiger partial charge in [-0.05, 0) is 11.1 Å². The second kappa shape index (κ2) is 7.34. The van der Waals surface area contributed by atoms with Crippen LogP contribution in [-0.4, -0.2) is 14.4 Å². The van der Waals surface area contributed by atoms with Crippen LogP contribution in [0.4, 0.5) is 0 Å². The van der Waals surface area contributed by atoms with Gasteiger partial charge in [0.2, 0.25) is 5.78 Å². The van der Waals surface area contributed by atoms with E-state index in [4.69, 9.17) is 10.7 Å². The van der Waals surface area contributed by atoms with E-state index in [1.165, 1.54) is 0 Å². The van der Waals surface area contributed by atoms with Crippen LogP contribution in [0.1, 0.15) is 5.56 Å². The van der Waals surface area contributed by atoms with E-state index in [0.29, 0.717) is 12.3 Å². The van der Waals surface area contributed by atoms with E-state index in [1.807, 2.05) is 42.6 Å². The molecule has 140 valence electrons. The summed E-state index contributed by atoms with van der Waals surface area (Å²) < 4.78 is 2.06. The van der Waals surface area contributed by atoms with Crippen LogP contribution in [0.15, 0.2) is 97.3 Å². The molecule has 2 aromatic heterocycles. The van der Waals surface area contributed by atoms with Gasteiger partial charge in [0, 0.05) is 29.4 Å². The summed E-state index contributed by atoms with van der Waals surface area (Å²) in [7, 11) is 0. The van der Waals surface area contributed by atoms with E-state index in [1.54, 1.807) is 0 Å². The highest BCUT2D eigenvalue weighted by Crippen LogP contribution is 2.32. The summed E-state index contributed by atoms with van der Waals surface area (Å²) in [6.07, 6.45) is 4.02. The van der Waals surface area contributed by atoms with Crippen molar-refractivity contribution in [2.45, 2.75) is 6.54 Å². The third-order valence-corrected chi connectivity index (χ3v) is 5.12. The first kappa shape index (κ1) is 17.3. The van der Waals surface area contributed by atoms with Crippen molar-refractivity contribution in [1.82, 2.24) is 14.4 Å². The van der Waals surface area contributed by atoms with Gasteiger partial charge < -0.3 is 5.73 Å². The Morgan fingerprint density at radius 1 is 0.724 bits per heavy atom. The average molecular weight is 376 g/mol. The molecule has 0 aliphatic rings. The SMILES string of the molecule is NCc1ccc(-c2nc3ncc(-c4ccccc4)n3cc2-c2ccccc2)cc1. The lowest BCUT2D eigenvalue weighted by Crippen LogP contribution is -1.99. The molecular weight excluding hydrogens is 356 g/mol. The number of nitrogens with two attached hydrogens (primary N) is 1. The predicted octanol–water partition coefficient (Wildman–Crippen LogP) is 5.19. The predicted molar refractivity (Wildman–Crippen MR) is 117 cm³/mol. The highest BCUT2D eigenvalue weighted by Gasteiger charge is 2.15. The van der Waals surface area contributed by atoms with Gasteiger partial charge in [0.1, 0.15) is 0 Å². The smallest absolute Gasteiger partial charge is 0.234 e. The molecule has 5 aromatic rings. The van der Waals surface area contributed by atoms with Crippen LogP contribution >= 0.6 is 0 Å². The minimum Gasteiger partial charge on any atom is -0.326 e. The Labute approximate surface area is 169 Å². The van der Waals surface area contributed by atoms with Crippen LogP contribution in [0.5, 0.6) is 0 Å². The van der Waals surface area contributed by atoms with Gasteiger partial charge in [-0.15, -0.1) is 0 Å². The van der Waals surface area contributed by atoms with E-state index in [2.05, 4.69) is 64.1 Å². The minimum absolute atomic E-state index is 0.527. The lowest BCUT2D eigenvalue weighted by atomic mass is 10.00. The van der Waals surface area contributed by atoms with Crippen molar-refractivity contribution in [2.24, 2.45) is 5.73 Å². The molecule has 29 heavy (non-hydrogen) atoms. The summed E-state index contributed by atoms with van der Waals surface area (Å²) in [6, 6.07) is 28.9. The van der Waals surface area contributed by atoms with Gasteiger partial charge in [-0.1, -0.05) is 84.9 Å². The average Bonchev–Trinajstić information content (AvgIpc) is 3.22. The lowest BCUT2D eigenvalue weighted by Gasteiger charge is -2.12. The van der Waals surface area contributed by atoms with Gasteiger partial charge in [0.05, 0.1) is 17.6 Å². The highest BCUT2D eigenvalue weighted by molar-refractivity contribution is 5.82. The summed E-state index contributed by atoms with van der Waals surface area (Å²) in [5.41, 5.74) is 13.1. The number of benzene rings is 3. The summed E-state index contributed by atoms with van der Waals surface area (Å²) in [5, 5.41) is 0. The molecule has 0 bridgehead atoms. The summed E-state index contributed by atoms with van der Waals surface area (Å²) in [5.74, 6) is 0.682. The molecule has 0 saturated heterocycles. The monoisotopic (exact) mass is 376 g/mol. The third kappa shape index (κ3) is 3.20. The number of hydrogen-bond acceptors (Lipinski definition) is 3. The molecule has 0 aliphatic heterocycles. The maximum Gasteiger partial charge on any atom is 0.234 e. The van der Waals surface area contributed by atoms with E-state index >= 15 is 0 Å². The van der Waals surface area contributed by atoms with Gasteiger partial charge in [-0.25, -0.2) is 9.97 Å². The van der Waals surface area contributed by atoms with Crippen molar-refractivity contribution < 1.29 is 0 Å². The maximum atomic E-state index is 5.76. The van der Waals surface area contributed by atoms with Gasteiger partial charge in [0.25, 0.3) is 0 Å². The molecule has 0 amide bonds. The topological polar surface area (TPSA) is 56.2 Å². The van der Waals surface area contributed by atoms with Crippen molar-refractivity contribution >= 4 is 5.78 Å². The number of rotatable bonds is 4. The van der Waals surface area contributed by atoms with Crippen molar-refractivity contribution in [2.75, 3.05) is 0 Å². The number of nitrogens with zero attached hydrogens (tertiary/aromatic N) is 3. The molecule has 0 aliphatic carbocycles. The quantitative estimate of drug-likeness (QED) is 0.470. The normalized spacial score (nSPS) is 11.1. The molecule has 5 rings (SSSR count). The van der Waals surface area contributed by atoms with Crippen molar-refractivity contribution in [3.8, 4) is 33.6 Å². The fourth-order valence-electron chi connectivity index (χ4n) is 3.58. The molecular formula is C25H20N4. The molecule has 0 spiro atoms. The Morgan fingerprint density at radius 3 is 2.03 bits per heavy atom. The Morgan fingerprint density at radius 2 is 1.38 bits per heavy atom. The molecule has 4 nitrogen and oxygen atoms in total. The second-order valence-electron chi connectivity index (χ2n) is 6.95. The number of fused-ring (bicyclic) bond motifs is 1. The van der Waals surface area contributed by atoms with Gasteiger partial charge >= 0.3 is 0 Å². The van der Waals surface area contributed by atoms with Crippen LogP contribution in [0.2, 0.25) is 0 Å². The summed E-state index contributed by atoms with van der Waals surface area (Å²) in [4.78, 5) is 9.53. The first-order chi connectivity index (χ1) is 14.3. The Bertz CT molecular complexity index is 1260. The van der Waals surface area contributed by atoms with Crippen LogP contribution in [0.3, 0.4) is 0 Å². The Hall–Kier alpha value is -3.76. The number of aromatic nitrogens is 3. The molecule has 0 fully saturated rings. The number of imidazole rings is 1. The molecule has 0 atom stereocenters. The molecule has 2 N–H and O–H groups in total. The zero-order valence-electron chi connectivity index (χ0n) is 15.9. The van der Waals surface area contributed by atoms with Crippen molar-refractivity contribution in [3.05, 3.63) is 103 Å². The van der Waals surface area contributed by atoms with E-state index in [9.17, 15) is 0 Å². The zero-order valence-corrected chi connectivity index (χ0v) is 15.9. The van der Waals surface area contributed by atoms with Crippen LogP contribution in [0.25, 0.3) is 39.4 Å². The molecule has 0 unspecified atom stereocenters. The first-order valence-electron chi connectivity index (χ1n) is 9.62. The van der Waals surface area contributed by atoms with Crippen molar-refractivity contribution in [3.63, 3.8) is 0 Å². The number of hydrogen-bond donors (Lipinski definition) is 1. The van der Waals surface area contributed by atoms with Crippen LogP contribution in [0, 0.1) is 0 Å². The van der Waals surface area contributed by atoms with E-state index in [-0.39, 0.29) is 0 Å².